The van der Waals surface area contributed by atoms with Crippen LogP contribution in [0, 0.1) is 32.4 Å². The molecule has 1 amide bonds. The molecule has 0 bridgehead atoms. The van der Waals surface area contributed by atoms with Gasteiger partial charge in [0.25, 0.3) is 17.2 Å². The van der Waals surface area contributed by atoms with Gasteiger partial charge in [0.15, 0.2) is 11.9 Å². The molecular formula is C29H29F2N5O6S. The highest BCUT2D eigenvalue weighted by Gasteiger charge is 2.33. The minimum atomic E-state index is -2.80. The number of aliphatic carboxylic acids is 1. The molecule has 2 aromatic heterocycles. The smallest absolute Gasteiger partial charge is 0.329 e. The van der Waals surface area contributed by atoms with Gasteiger partial charge in [-0.05, 0) is 50.1 Å². The SMILES string of the molecule is Cc1cc(C)c(N(C(CNC(=O)c2cn(C)c3c(F)c(CNc4ccccn4)c(F)cc3c2=O)C(=O)O)S(=O)O)c(C)c1. The lowest BCUT2D eigenvalue weighted by Gasteiger charge is -2.30. The summed E-state index contributed by atoms with van der Waals surface area (Å²) in [5.41, 5.74) is 0.0843. The van der Waals surface area contributed by atoms with Gasteiger partial charge in [-0.25, -0.2) is 22.8 Å². The van der Waals surface area contributed by atoms with Crippen LogP contribution in [0.2, 0.25) is 0 Å². The number of carbonyl (C=O) groups is 2. The maximum absolute atomic E-state index is 15.5. The van der Waals surface area contributed by atoms with Crippen molar-refractivity contribution in [1.29, 1.82) is 0 Å². The van der Waals surface area contributed by atoms with Crippen LogP contribution in [0.1, 0.15) is 32.6 Å². The number of nitrogens with zero attached hydrogens (tertiary/aromatic N) is 3. The van der Waals surface area contributed by atoms with Gasteiger partial charge in [-0.1, -0.05) is 23.8 Å². The zero-order valence-corrected chi connectivity index (χ0v) is 24.5. The number of halogens is 2. The molecule has 4 rings (SSSR count). The first-order valence-electron chi connectivity index (χ1n) is 13.0. The first-order valence-corrected chi connectivity index (χ1v) is 14.0. The van der Waals surface area contributed by atoms with Gasteiger partial charge in [-0.3, -0.25) is 18.4 Å². The largest absolute Gasteiger partial charge is 0.480 e. The monoisotopic (exact) mass is 613 g/mol. The minimum Gasteiger partial charge on any atom is -0.480 e. The maximum Gasteiger partial charge on any atom is 0.329 e. The Hall–Kier alpha value is -4.69. The number of carbonyl (C=O) groups excluding carboxylic acids is 1. The lowest BCUT2D eigenvalue weighted by Crippen LogP contribution is -2.50. The number of carboxylic acids is 1. The van der Waals surface area contributed by atoms with Crippen molar-refractivity contribution in [2.45, 2.75) is 33.4 Å². The summed E-state index contributed by atoms with van der Waals surface area (Å²) in [5, 5.41) is 14.7. The third kappa shape index (κ3) is 6.39. The van der Waals surface area contributed by atoms with Gasteiger partial charge in [0.1, 0.15) is 17.2 Å². The van der Waals surface area contributed by atoms with Crippen LogP contribution in [0.15, 0.2) is 53.6 Å². The number of pyridine rings is 2. The zero-order valence-electron chi connectivity index (χ0n) is 23.6. The topological polar surface area (TPSA) is 154 Å². The highest BCUT2D eigenvalue weighted by atomic mass is 32.2. The normalized spacial score (nSPS) is 12.5. The van der Waals surface area contributed by atoms with Crippen molar-refractivity contribution in [2.75, 3.05) is 16.2 Å². The van der Waals surface area contributed by atoms with Crippen LogP contribution in [0.4, 0.5) is 20.3 Å². The average Bonchev–Trinajstić information content (AvgIpc) is 2.93. The van der Waals surface area contributed by atoms with E-state index in [1.165, 1.54) is 13.2 Å². The summed E-state index contributed by atoms with van der Waals surface area (Å²) in [4.78, 5) is 42.6. The molecule has 226 valence electrons. The van der Waals surface area contributed by atoms with Crippen molar-refractivity contribution in [3.8, 4) is 0 Å². The Kier molecular flexibility index (Phi) is 9.21. The van der Waals surface area contributed by atoms with Crippen LogP contribution in [0.3, 0.4) is 0 Å². The first kappa shape index (κ1) is 31.3. The summed E-state index contributed by atoms with van der Waals surface area (Å²) in [6, 6.07) is 7.57. The van der Waals surface area contributed by atoms with Gasteiger partial charge in [0, 0.05) is 31.5 Å². The van der Waals surface area contributed by atoms with E-state index in [-0.39, 0.29) is 23.3 Å². The van der Waals surface area contributed by atoms with E-state index >= 15 is 8.78 Å². The molecule has 4 N–H and O–H groups in total. The number of aryl methyl sites for hydroxylation is 4. The molecule has 4 aromatic rings. The van der Waals surface area contributed by atoms with E-state index in [1.54, 1.807) is 44.2 Å². The number of anilines is 2. The number of amides is 1. The van der Waals surface area contributed by atoms with Gasteiger partial charge in [-0.15, -0.1) is 0 Å². The summed E-state index contributed by atoms with van der Waals surface area (Å²) in [6.07, 6.45) is 2.57. The predicted octanol–water partition coefficient (Wildman–Crippen LogP) is 3.58. The van der Waals surface area contributed by atoms with Gasteiger partial charge < -0.3 is 20.3 Å². The van der Waals surface area contributed by atoms with Gasteiger partial charge in [0.05, 0.1) is 23.1 Å². The first-order chi connectivity index (χ1) is 20.3. The summed E-state index contributed by atoms with van der Waals surface area (Å²) < 4.78 is 54.8. The Morgan fingerprint density at radius 2 is 1.81 bits per heavy atom. The molecule has 2 heterocycles. The molecular weight excluding hydrogens is 584 g/mol. The Morgan fingerprint density at radius 1 is 1.14 bits per heavy atom. The van der Waals surface area contributed by atoms with E-state index < -0.39 is 63.7 Å². The molecule has 0 fully saturated rings. The molecule has 2 atom stereocenters. The fraction of sp³-hybridized carbons (Fsp3) is 0.241. The third-order valence-electron chi connectivity index (χ3n) is 6.86. The number of fused-ring (bicyclic) bond motifs is 1. The number of nitrogens with one attached hydrogen (secondary N) is 2. The molecule has 0 aliphatic rings. The van der Waals surface area contributed by atoms with Crippen LogP contribution < -0.4 is 20.4 Å². The van der Waals surface area contributed by atoms with Crippen LogP contribution in [0.5, 0.6) is 0 Å². The molecule has 0 aliphatic carbocycles. The van der Waals surface area contributed by atoms with Gasteiger partial charge in [0.2, 0.25) is 5.43 Å². The predicted molar refractivity (Wildman–Crippen MR) is 158 cm³/mol. The van der Waals surface area contributed by atoms with Crippen LogP contribution in [-0.4, -0.2) is 47.9 Å². The van der Waals surface area contributed by atoms with E-state index in [2.05, 4.69) is 15.6 Å². The number of benzene rings is 2. The highest BCUT2D eigenvalue weighted by molar-refractivity contribution is 7.80. The summed E-state index contributed by atoms with van der Waals surface area (Å²) in [5.74, 6) is -4.17. The zero-order chi connectivity index (χ0) is 31.6. The fourth-order valence-corrected chi connectivity index (χ4v) is 5.84. The number of aromatic nitrogens is 2. The fourth-order valence-electron chi connectivity index (χ4n) is 5.02. The van der Waals surface area contributed by atoms with E-state index in [0.717, 1.165) is 26.7 Å². The second-order valence-electron chi connectivity index (χ2n) is 9.97. The van der Waals surface area contributed by atoms with Gasteiger partial charge >= 0.3 is 5.97 Å². The number of hydrogen-bond donors (Lipinski definition) is 4. The van der Waals surface area contributed by atoms with E-state index in [1.807, 2.05) is 6.92 Å². The van der Waals surface area contributed by atoms with E-state index in [0.29, 0.717) is 16.9 Å². The Bertz CT molecular complexity index is 1790. The quantitative estimate of drug-likeness (QED) is 0.198. The van der Waals surface area contributed by atoms with Crippen molar-refractivity contribution < 1.29 is 32.2 Å². The maximum atomic E-state index is 15.5. The Labute approximate surface area is 247 Å². The van der Waals surface area contributed by atoms with Crippen LogP contribution in [0.25, 0.3) is 10.9 Å². The van der Waals surface area contributed by atoms with E-state index in [9.17, 15) is 28.3 Å². The Balaban J connectivity index is 1.65. The molecule has 11 nitrogen and oxygen atoms in total. The number of rotatable bonds is 10. The van der Waals surface area contributed by atoms with E-state index in [4.69, 9.17) is 0 Å². The summed E-state index contributed by atoms with van der Waals surface area (Å²) in [6.45, 7) is 4.20. The third-order valence-corrected chi connectivity index (χ3v) is 7.63. The summed E-state index contributed by atoms with van der Waals surface area (Å²) in [7, 11) is 1.37. The molecule has 0 saturated heterocycles. The molecule has 43 heavy (non-hydrogen) atoms. The van der Waals surface area contributed by atoms with Crippen molar-refractivity contribution in [2.24, 2.45) is 7.05 Å². The highest BCUT2D eigenvalue weighted by Crippen LogP contribution is 2.29. The lowest BCUT2D eigenvalue weighted by molar-refractivity contribution is -0.138. The number of hydrogen-bond acceptors (Lipinski definition) is 6. The van der Waals surface area contributed by atoms with Crippen LogP contribution >= 0.6 is 0 Å². The van der Waals surface area contributed by atoms with Crippen molar-refractivity contribution in [1.82, 2.24) is 14.9 Å². The molecule has 0 saturated carbocycles. The average molecular weight is 614 g/mol. The van der Waals surface area contributed by atoms with Gasteiger partial charge in [-0.2, -0.15) is 0 Å². The molecule has 0 radical (unpaired) electrons. The lowest BCUT2D eigenvalue weighted by atomic mass is 10.0. The van der Waals surface area contributed by atoms with Crippen molar-refractivity contribution in [3.05, 3.63) is 98.5 Å². The van der Waals surface area contributed by atoms with Crippen LogP contribution in [-0.2, 0) is 29.7 Å². The molecule has 14 heteroatoms. The van der Waals surface area contributed by atoms with Crippen molar-refractivity contribution >= 4 is 45.6 Å². The molecule has 0 spiro atoms. The molecule has 0 aliphatic heterocycles. The standard InChI is InChI=1S/C29H29F2N5O6S/c1-15-9-16(2)25(17(3)10-15)36(43(41)42)22(29(39)40)13-34-28(38)20-14-35(4)26-18(27(20)37)11-21(30)19(24(26)31)12-33-23-7-5-6-8-32-23/h5-11,14,22H,12-13H2,1-4H3,(H,32,33)(H,34,38)(H,39,40)(H,41,42). The molecule has 2 unspecified atom stereocenters. The second-order valence-corrected chi connectivity index (χ2v) is 10.8. The second kappa shape index (κ2) is 12.7. The van der Waals surface area contributed by atoms with Crippen molar-refractivity contribution in [3.63, 3.8) is 0 Å². The minimum absolute atomic E-state index is 0.203. The molecule has 2 aromatic carbocycles. The Morgan fingerprint density at radius 3 is 2.40 bits per heavy atom. The summed E-state index contributed by atoms with van der Waals surface area (Å²) >= 11 is -2.80. The number of carboxylic acid groups (broad SMARTS) is 1.